The predicted molar refractivity (Wildman–Crippen MR) is 76.6 cm³/mol. The van der Waals surface area contributed by atoms with Gasteiger partial charge in [-0.3, -0.25) is 9.89 Å². The Balaban J connectivity index is 1.52. The molecule has 0 radical (unpaired) electrons. The van der Waals surface area contributed by atoms with Crippen molar-refractivity contribution in [1.82, 2.24) is 34.8 Å². The third kappa shape index (κ3) is 3.41. The van der Waals surface area contributed by atoms with Crippen LogP contribution in [0.4, 0.5) is 0 Å². The van der Waals surface area contributed by atoms with Crippen LogP contribution in [-0.2, 0) is 11.3 Å². The predicted octanol–water partition coefficient (Wildman–Crippen LogP) is 0.790. The summed E-state index contributed by atoms with van der Waals surface area (Å²) in [6, 6.07) is 0.520. The van der Waals surface area contributed by atoms with E-state index in [1.807, 2.05) is 6.92 Å². The van der Waals surface area contributed by atoms with Gasteiger partial charge in [-0.15, -0.1) is 10.2 Å². The Bertz CT molecular complexity index is 633. The molecule has 1 saturated carbocycles. The molecule has 2 heterocycles. The van der Waals surface area contributed by atoms with Crippen LogP contribution in [-0.4, -0.2) is 53.6 Å². The van der Waals surface area contributed by atoms with Crippen LogP contribution in [0.2, 0.25) is 0 Å². The number of aryl methyl sites for hydroxylation is 1. The molecule has 8 nitrogen and oxygen atoms in total. The zero-order valence-corrected chi connectivity index (χ0v) is 12.8. The van der Waals surface area contributed by atoms with Crippen molar-refractivity contribution in [2.24, 2.45) is 0 Å². The first-order chi connectivity index (χ1) is 10.1. The Morgan fingerprint density at radius 3 is 3.05 bits per heavy atom. The first kappa shape index (κ1) is 14.1. The monoisotopic (exact) mass is 307 g/mol. The summed E-state index contributed by atoms with van der Waals surface area (Å²) in [5.41, 5.74) is 0. The van der Waals surface area contributed by atoms with Crippen molar-refractivity contribution in [3.63, 3.8) is 0 Å². The van der Waals surface area contributed by atoms with Crippen LogP contribution in [0, 0.1) is 6.92 Å². The fourth-order valence-electron chi connectivity index (χ4n) is 1.93. The average Bonchev–Trinajstić information content (AvgIpc) is 3.06. The zero-order chi connectivity index (χ0) is 14.8. The van der Waals surface area contributed by atoms with E-state index >= 15 is 0 Å². The van der Waals surface area contributed by atoms with Gasteiger partial charge in [0.05, 0.1) is 12.3 Å². The number of nitrogens with zero attached hydrogens (tertiary/aromatic N) is 6. The molecule has 0 aliphatic heterocycles. The highest BCUT2D eigenvalue weighted by Crippen LogP contribution is 2.37. The van der Waals surface area contributed by atoms with Gasteiger partial charge in [0.15, 0.2) is 11.0 Å². The first-order valence-electron chi connectivity index (χ1n) is 6.77. The van der Waals surface area contributed by atoms with Gasteiger partial charge in [0, 0.05) is 13.1 Å². The summed E-state index contributed by atoms with van der Waals surface area (Å²) in [5.74, 6) is 1.73. The largest absolute Gasteiger partial charge is 0.337 e. The Kier molecular flexibility index (Phi) is 3.91. The standard InChI is InChI=1S/C12H17N7OS/c1-8-14-10(16-15-8)5-18(2)11(20)6-21-12-17-13-7-19(12)9-3-4-9/h7,9H,3-6H2,1-2H3,(H,14,15,16). The highest BCUT2D eigenvalue weighted by molar-refractivity contribution is 7.99. The normalized spacial score (nSPS) is 14.4. The van der Waals surface area contributed by atoms with Crippen LogP contribution in [0.15, 0.2) is 11.5 Å². The molecular formula is C12H17N7OS. The van der Waals surface area contributed by atoms with Gasteiger partial charge in [0.25, 0.3) is 0 Å². The lowest BCUT2D eigenvalue weighted by Crippen LogP contribution is -2.28. The summed E-state index contributed by atoms with van der Waals surface area (Å²) >= 11 is 1.42. The van der Waals surface area contributed by atoms with Crippen molar-refractivity contribution < 1.29 is 4.79 Å². The van der Waals surface area contributed by atoms with E-state index in [0.29, 0.717) is 24.2 Å². The second-order valence-corrected chi connectivity index (χ2v) is 6.07. The molecule has 1 fully saturated rings. The summed E-state index contributed by atoms with van der Waals surface area (Å²) in [5, 5.41) is 15.6. The van der Waals surface area contributed by atoms with Crippen molar-refractivity contribution in [3.8, 4) is 0 Å². The molecule has 1 N–H and O–H groups in total. The van der Waals surface area contributed by atoms with Crippen molar-refractivity contribution in [1.29, 1.82) is 0 Å². The number of carbonyl (C=O) groups is 1. The van der Waals surface area contributed by atoms with Gasteiger partial charge in [-0.1, -0.05) is 11.8 Å². The maximum atomic E-state index is 12.1. The number of hydrogen-bond donors (Lipinski definition) is 1. The molecule has 0 atom stereocenters. The minimum Gasteiger partial charge on any atom is -0.337 e. The summed E-state index contributed by atoms with van der Waals surface area (Å²) in [4.78, 5) is 17.9. The molecule has 0 aromatic carbocycles. The lowest BCUT2D eigenvalue weighted by atomic mass is 10.5. The molecular weight excluding hydrogens is 290 g/mol. The number of H-pyrrole nitrogens is 1. The van der Waals surface area contributed by atoms with Crippen LogP contribution >= 0.6 is 11.8 Å². The summed E-state index contributed by atoms with van der Waals surface area (Å²) in [7, 11) is 1.75. The van der Waals surface area contributed by atoms with Crippen molar-refractivity contribution >= 4 is 17.7 Å². The molecule has 21 heavy (non-hydrogen) atoms. The van der Waals surface area contributed by atoms with E-state index in [-0.39, 0.29) is 5.91 Å². The van der Waals surface area contributed by atoms with E-state index < -0.39 is 0 Å². The van der Waals surface area contributed by atoms with Crippen molar-refractivity contribution in [2.75, 3.05) is 12.8 Å². The molecule has 3 rings (SSSR count). The zero-order valence-electron chi connectivity index (χ0n) is 12.0. The molecule has 2 aromatic rings. The number of rotatable bonds is 6. The van der Waals surface area contributed by atoms with Crippen molar-refractivity contribution in [3.05, 3.63) is 18.0 Å². The number of thioether (sulfide) groups is 1. The van der Waals surface area contributed by atoms with Gasteiger partial charge in [-0.2, -0.15) is 5.10 Å². The van der Waals surface area contributed by atoms with E-state index in [1.54, 1.807) is 18.3 Å². The minimum absolute atomic E-state index is 0.0211. The number of amides is 1. The SMILES string of the molecule is Cc1nc(CN(C)C(=O)CSc2nncn2C2CC2)n[nH]1. The quantitative estimate of drug-likeness (QED) is 0.793. The summed E-state index contributed by atoms with van der Waals surface area (Å²) in [6.07, 6.45) is 4.08. The first-order valence-corrected chi connectivity index (χ1v) is 7.76. The van der Waals surface area contributed by atoms with E-state index in [9.17, 15) is 4.79 Å². The van der Waals surface area contributed by atoms with Gasteiger partial charge >= 0.3 is 0 Å². The van der Waals surface area contributed by atoms with Crippen LogP contribution < -0.4 is 0 Å². The molecule has 2 aromatic heterocycles. The molecule has 0 saturated heterocycles. The Labute approximate surface area is 126 Å². The van der Waals surface area contributed by atoms with Crippen LogP contribution in [0.5, 0.6) is 0 Å². The summed E-state index contributed by atoms with van der Waals surface area (Å²) < 4.78 is 2.05. The number of nitrogens with one attached hydrogen (secondary N) is 1. The average molecular weight is 307 g/mol. The second-order valence-electron chi connectivity index (χ2n) is 5.13. The van der Waals surface area contributed by atoms with Gasteiger partial charge in [-0.05, 0) is 19.8 Å². The van der Waals surface area contributed by atoms with Gasteiger partial charge in [0.2, 0.25) is 5.91 Å². The minimum atomic E-state index is 0.0211. The van der Waals surface area contributed by atoms with E-state index in [4.69, 9.17) is 0 Å². The summed E-state index contributed by atoms with van der Waals surface area (Å²) in [6.45, 7) is 2.23. The highest BCUT2D eigenvalue weighted by atomic mass is 32.2. The topological polar surface area (TPSA) is 92.6 Å². The molecule has 0 bridgehead atoms. The maximum Gasteiger partial charge on any atom is 0.233 e. The molecule has 1 aliphatic rings. The molecule has 9 heteroatoms. The number of aromatic nitrogens is 6. The molecule has 1 aliphatic carbocycles. The Hall–Kier alpha value is -1.90. The molecule has 112 valence electrons. The third-order valence-corrected chi connectivity index (χ3v) is 4.20. The lowest BCUT2D eigenvalue weighted by Gasteiger charge is -2.14. The third-order valence-electron chi connectivity index (χ3n) is 3.25. The fourth-order valence-corrected chi connectivity index (χ4v) is 2.86. The van der Waals surface area contributed by atoms with E-state index in [0.717, 1.165) is 11.0 Å². The number of hydrogen-bond acceptors (Lipinski definition) is 6. The number of carbonyl (C=O) groups excluding carboxylic acids is 1. The number of aromatic amines is 1. The fraction of sp³-hybridized carbons (Fsp3) is 0.583. The van der Waals surface area contributed by atoms with E-state index in [1.165, 1.54) is 24.6 Å². The van der Waals surface area contributed by atoms with Gasteiger partial charge < -0.3 is 9.47 Å². The van der Waals surface area contributed by atoms with Crippen LogP contribution in [0.25, 0.3) is 0 Å². The van der Waals surface area contributed by atoms with Gasteiger partial charge in [0.1, 0.15) is 12.2 Å². The second kappa shape index (κ2) is 5.84. The van der Waals surface area contributed by atoms with E-state index in [2.05, 4.69) is 29.9 Å². The maximum absolute atomic E-state index is 12.1. The Morgan fingerprint density at radius 2 is 2.38 bits per heavy atom. The molecule has 0 spiro atoms. The van der Waals surface area contributed by atoms with Gasteiger partial charge in [-0.25, -0.2) is 4.98 Å². The Morgan fingerprint density at radius 1 is 1.57 bits per heavy atom. The smallest absolute Gasteiger partial charge is 0.233 e. The van der Waals surface area contributed by atoms with Crippen LogP contribution in [0.3, 0.4) is 0 Å². The van der Waals surface area contributed by atoms with Crippen LogP contribution in [0.1, 0.15) is 30.5 Å². The highest BCUT2D eigenvalue weighted by Gasteiger charge is 2.26. The molecule has 0 unspecified atom stereocenters. The lowest BCUT2D eigenvalue weighted by molar-refractivity contribution is -0.127. The van der Waals surface area contributed by atoms with Crippen molar-refractivity contribution in [2.45, 2.75) is 37.5 Å². The molecule has 1 amide bonds.